The first kappa shape index (κ1) is 14.2. The van der Waals surface area contributed by atoms with E-state index >= 15 is 0 Å². The van der Waals surface area contributed by atoms with Gasteiger partial charge in [-0.1, -0.05) is 12.8 Å². The van der Waals surface area contributed by atoms with Gasteiger partial charge in [-0.25, -0.2) is 4.98 Å². The average Bonchev–Trinajstić information content (AvgIpc) is 3.25. The van der Waals surface area contributed by atoms with E-state index < -0.39 is 0 Å². The first-order chi connectivity index (χ1) is 10.4. The number of nitrogens with one attached hydrogen (secondary N) is 1. The molecule has 4 rings (SSSR count). The van der Waals surface area contributed by atoms with Gasteiger partial charge in [0.15, 0.2) is 0 Å². The highest BCUT2D eigenvalue weighted by molar-refractivity contribution is 7.09. The van der Waals surface area contributed by atoms with Crippen molar-refractivity contribution in [1.82, 2.24) is 15.2 Å². The number of likely N-dealkylation sites (tertiary alicyclic amines) is 1. The Balaban J connectivity index is 1.35. The van der Waals surface area contributed by atoms with Crippen LogP contribution >= 0.6 is 11.3 Å². The van der Waals surface area contributed by atoms with E-state index in [1.54, 1.807) is 0 Å². The molecule has 2 heterocycles. The molecule has 1 aromatic rings. The van der Waals surface area contributed by atoms with Crippen molar-refractivity contribution in [2.75, 3.05) is 6.54 Å². The maximum Gasteiger partial charge on any atom is 0.107 e. The molecule has 1 aromatic heterocycles. The Kier molecular flexibility index (Phi) is 4.28. The number of thiazole rings is 1. The van der Waals surface area contributed by atoms with Crippen molar-refractivity contribution in [3.05, 3.63) is 16.1 Å². The lowest BCUT2D eigenvalue weighted by atomic mass is 9.78. The van der Waals surface area contributed by atoms with E-state index in [1.165, 1.54) is 68.6 Å². The fraction of sp³-hybridized carbons (Fsp3) is 0.824. The smallest absolute Gasteiger partial charge is 0.107 e. The van der Waals surface area contributed by atoms with Crippen molar-refractivity contribution >= 4 is 11.3 Å². The molecule has 0 spiro atoms. The number of aromatic nitrogens is 1. The van der Waals surface area contributed by atoms with Crippen LogP contribution in [0.3, 0.4) is 0 Å². The van der Waals surface area contributed by atoms with Crippen molar-refractivity contribution in [2.45, 2.75) is 76.5 Å². The SMILES string of the molecule is c1sc(CNC2CC2)nc1CN1CCC[C@H]2CCCC[C@H]21. The van der Waals surface area contributed by atoms with Crippen LogP contribution in [0.15, 0.2) is 5.38 Å². The van der Waals surface area contributed by atoms with Crippen molar-refractivity contribution in [2.24, 2.45) is 5.92 Å². The van der Waals surface area contributed by atoms with Gasteiger partial charge in [-0.05, 0) is 51.0 Å². The average molecular weight is 305 g/mol. The first-order valence-electron chi connectivity index (χ1n) is 8.79. The molecule has 0 unspecified atom stereocenters. The first-order valence-corrected chi connectivity index (χ1v) is 9.67. The van der Waals surface area contributed by atoms with Crippen LogP contribution in [0.5, 0.6) is 0 Å². The molecular weight excluding hydrogens is 278 g/mol. The Labute approximate surface area is 132 Å². The summed E-state index contributed by atoms with van der Waals surface area (Å²) >= 11 is 1.84. The van der Waals surface area contributed by atoms with Gasteiger partial charge in [0.2, 0.25) is 0 Å². The van der Waals surface area contributed by atoms with Gasteiger partial charge in [-0.15, -0.1) is 11.3 Å². The van der Waals surface area contributed by atoms with Crippen molar-refractivity contribution in [3.8, 4) is 0 Å². The Bertz CT molecular complexity index is 466. The number of nitrogens with zero attached hydrogens (tertiary/aromatic N) is 2. The molecule has 2 aliphatic carbocycles. The second-order valence-corrected chi connectivity index (χ2v) is 8.05. The fourth-order valence-corrected chi connectivity index (χ4v) is 4.89. The zero-order valence-corrected chi connectivity index (χ0v) is 13.7. The molecule has 2 atom stereocenters. The molecule has 0 amide bonds. The normalized spacial score (nSPS) is 30.3. The van der Waals surface area contributed by atoms with E-state index in [9.17, 15) is 0 Å². The van der Waals surface area contributed by atoms with Crippen LogP contribution in [0, 0.1) is 5.92 Å². The Morgan fingerprint density at radius 3 is 2.90 bits per heavy atom. The number of piperidine rings is 1. The molecule has 0 aromatic carbocycles. The van der Waals surface area contributed by atoms with Gasteiger partial charge < -0.3 is 5.32 Å². The highest BCUT2D eigenvalue weighted by Crippen LogP contribution is 2.36. The third kappa shape index (κ3) is 3.49. The third-order valence-electron chi connectivity index (χ3n) is 5.44. The lowest BCUT2D eigenvalue weighted by molar-refractivity contribution is 0.0538. The van der Waals surface area contributed by atoms with Crippen LogP contribution < -0.4 is 5.32 Å². The summed E-state index contributed by atoms with van der Waals surface area (Å²) < 4.78 is 0. The Morgan fingerprint density at radius 2 is 2.00 bits per heavy atom. The molecule has 0 bridgehead atoms. The quantitative estimate of drug-likeness (QED) is 0.901. The molecular formula is C17H27N3S. The van der Waals surface area contributed by atoms with Crippen LogP contribution in [0.4, 0.5) is 0 Å². The maximum absolute atomic E-state index is 4.86. The summed E-state index contributed by atoms with van der Waals surface area (Å²) in [5, 5.41) is 7.13. The van der Waals surface area contributed by atoms with Gasteiger partial charge in [0.05, 0.1) is 5.69 Å². The number of hydrogen-bond acceptors (Lipinski definition) is 4. The summed E-state index contributed by atoms with van der Waals surface area (Å²) in [5.74, 6) is 0.974. The van der Waals surface area contributed by atoms with Gasteiger partial charge in [0, 0.05) is 30.6 Å². The Hall–Kier alpha value is -0.450. The molecule has 3 fully saturated rings. The van der Waals surface area contributed by atoms with Crippen LogP contribution in [-0.2, 0) is 13.1 Å². The molecule has 1 saturated heterocycles. The highest BCUT2D eigenvalue weighted by atomic mass is 32.1. The highest BCUT2D eigenvalue weighted by Gasteiger charge is 2.33. The lowest BCUT2D eigenvalue weighted by Crippen LogP contribution is -2.46. The van der Waals surface area contributed by atoms with E-state index in [1.807, 2.05) is 11.3 Å². The predicted octanol–water partition coefficient (Wildman–Crippen LogP) is 3.55. The predicted molar refractivity (Wildman–Crippen MR) is 87.4 cm³/mol. The standard InChI is InChI=1S/C17H27N3S/c1-2-6-16-13(4-1)5-3-9-20(16)11-15-12-21-17(19-15)10-18-14-7-8-14/h12-14,16,18H,1-11H2/t13-,16-/m1/s1. The molecule has 4 heteroatoms. The Morgan fingerprint density at radius 1 is 1.14 bits per heavy atom. The molecule has 3 aliphatic rings. The van der Waals surface area contributed by atoms with Crippen LogP contribution in [0.2, 0.25) is 0 Å². The van der Waals surface area contributed by atoms with Crippen molar-refractivity contribution < 1.29 is 0 Å². The van der Waals surface area contributed by atoms with Crippen LogP contribution in [-0.4, -0.2) is 28.5 Å². The van der Waals surface area contributed by atoms with E-state index in [0.29, 0.717) is 0 Å². The summed E-state index contributed by atoms with van der Waals surface area (Å²) in [4.78, 5) is 7.59. The minimum absolute atomic E-state index is 0.780. The van der Waals surface area contributed by atoms with Gasteiger partial charge in [-0.2, -0.15) is 0 Å². The topological polar surface area (TPSA) is 28.2 Å². The zero-order chi connectivity index (χ0) is 14.1. The van der Waals surface area contributed by atoms with E-state index in [4.69, 9.17) is 4.98 Å². The molecule has 21 heavy (non-hydrogen) atoms. The number of rotatable bonds is 5. The lowest BCUT2D eigenvalue weighted by Gasteiger charge is -2.44. The van der Waals surface area contributed by atoms with E-state index in [2.05, 4.69) is 15.6 Å². The summed E-state index contributed by atoms with van der Waals surface area (Å²) in [7, 11) is 0. The largest absolute Gasteiger partial charge is 0.308 e. The maximum atomic E-state index is 4.86. The molecule has 2 saturated carbocycles. The summed E-state index contributed by atoms with van der Waals surface area (Å²) in [5.41, 5.74) is 1.30. The van der Waals surface area contributed by atoms with Crippen molar-refractivity contribution in [1.29, 1.82) is 0 Å². The third-order valence-corrected chi connectivity index (χ3v) is 6.34. The molecule has 3 nitrogen and oxygen atoms in total. The monoisotopic (exact) mass is 305 g/mol. The molecule has 1 N–H and O–H groups in total. The van der Waals surface area contributed by atoms with E-state index in [0.717, 1.165) is 31.1 Å². The van der Waals surface area contributed by atoms with Gasteiger partial charge in [-0.3, -0.25) is 4.90 Å². The number of hydrogen-bond donors (Lipinski definition) is 1. The molecule has 1 aliphatic heterocycles. The molecule has 0 radical (unpaired) electrons. The van der Waals surface area contributed by atoms with Gasteiger partial charge in [0.25, 0.3) is 0 Å². The minimum Gasteiger partial charge on any atom is -0.308 e. The minimum atomic E-state index is 0.780. The summed E-state index contributed by atoms with van der Waals surface area (Å²) in [6.07, 6.45) is 11.4. The van der Waals surface area contributed by atoms with Gasteiger partial charge in [0.1, 0.15) is 5.01 Å². The molecule has 116 valence electrons. The van der Waals surface area contributed by atoms with Crippen LogP contribution in [0.25, 0.3) is 0 Å². The second kappa shape index (κ2) is 6.35. The summed E-state index contributed by atoms with van der Waals surface area (Å²) in [6, 6.07) is 1.63. The summed E-state index contributed by atoms with van der Waals surface area (Å²) in [6.45, 7) is 3.34. The van der Waals surface area contributed by atoms with Crippen molar-refractivity contribution in [3.63, 3.8) is 0 Å². The van der Waals surface area contributed by atoms with Crippen LogP contribution in [0.1, 0.15) is 62.1 Å². The zero-order valence-electron chi connectivity index (χ0n) is 12.9. The fourth-order valence-electron chi connectivity index (χ4n) is 4.15. The second-order valence-electron chi connectivity index (χ2n) is 7.11. The van der Waals surface area contributed by atoms with Gasteiger partial charge >= 0.3 is 0 Å². The van der Waals surface area contributed by atoms with E-state index in [-0.39, 0.29) is 0 Å². The number of fused-ring (bicyclic) bond motifs is 1.